The average Bonchev–Trinajstić information content (AvgIpc) is 2.50. The summed E-state index contributed by atoms with van der Waals surface area (Å²) in [4.78, 5) is 2.67. The third kappa shape index (κ3) is 3.97. The Morgan fingerprint density at radius 2 is 2.15 bits per heavy atom. The Morgan fingerprint density at radius 3 is 2.85 bits per heavy atom. The maximum atomic E-state index is 6.32. The van der Waals surface area contributed by atoms with E-state index < -0.39 is 0 Å². The molecule has 1 aliphatic heterocycles. The van der Waals surface area contributed by atoms with Crippen LogP contribution in [-0.2, 0) is 0 Å². The second-order valence-corrected chi connectivity index (χ2v) is 6.15. The first-order chi connectivity index (χ1) is 9.76. The normalized spacial score (nSPS) is 21.9. The standard InChI is InChI=1S/C17H27ClN2/c1-3-14-8-6-7-12-20(14)13-11-17(19-2)15-9-4-5-10-16(15)18/h4-5,9-10,14,17,19H,3,6-8,11-13H2,1-2H3. The van der Waals surface area contributed by atoms with Gasteiger partial charge in [0.25, 0.3) is 0 Å². The van der Waals surface area contributed by atoms with Crippen molar-refractivity contribution in [3.8, 4) is 0 Å². The molecule has 0 bridgehead atoms. The van der Waals surface area contributed by atoms with Gasteiger partial charge >= 0.3 is 0 Å². The molecule has 0 amide bonds. The molecule has 1 fully saturated rings. The highest BCUT2D eigenvalue weighted by molar-refractivity contribution is 6.31. The van der Waals surface area contributed by atoms with E-state index in [9.17, 15) is 0 Å². The summed E-state index contributed by atoms with van der Waals surface area (Å²) in [7, 11) is 2.03. The molecule has 2 unspecified atom stereocenters. The first-order valence-corrected chi connectivity index (χ1v) is 8.29. The lowest BCUT2D eigenvalue weighted by Gasteiger charge is -2.36. The second-order valence-electron chi connectivity index (χ2n) is 5.75. The van der Waals surface area contributed by atoms with Crippen molar-refractivity contribution in [1.82, 2.24) is 10.2 Å². The number of benzene rings is 1. The van der Waals surface area contributed by atoms with Crippen LogP contribution in [0.15, 0.2) is 24.3 Å². The summed E-state index contributed by atoms with van der Waals surface area (Å²) in [6.07, 6.45) is 6.52. The predicted octanol–water partition coefficient (Wildman–Crippen LogP) is 4.26. The van der Waals surface area contributed by atoms with Crippen LogP contribution in [0.2, 0.25) is 5.02 Å². The Hall–Kier alpha value is -0.570. The molecular formula is C17H27ClN2. The fraction of sp³-hybridized carbons (Fsp3) is 0.647. The van der Waals surface area contributed by atoms with Crippen molar-refractivity contribution in [3.05, 3.63) is 34.9 Å². The molecule has 1 N–H and O–H groups in total. The highest BCUT2D eigenvalue weighted by atomic mass is 35.5. The van der Waals surface area contributed by atoms with Crippen LogP contribution in [0.25, 0.3) is 0 Å². The zero-order valence-electron chi connectivity index (χ0n) is 12.7. The van der Waals surface area contributed by atoms with Gasteiger partial charge in [0, 0.05) is 23.7 Å². The quantitative estimate of drug-likeness (QED) is 0.843. The highest BCUT2D eigenvalue weighted by Crippen LogP contribution is 2.26. The summed E-state index contributed by atoms with van der Waals surface area (Å²) in [6, 6.07) is 9.32. The first-order valence-electron chi connectivity index (χ1n) is 7.92. The van der Waals surface area contributed by atoms with Gasteiger partial charge in [-0.3, -0.25) is 0 Å². The number of halogens is 1. The van der Waals surface area contributed by atoms with E-state index >= 15 is 0 Å². The van der Waals surface area contributed by atoms with E-state index in [0.717, 1.165) is 24.0 Å². The number of hydrogen-bond acceptors (Lipinski definition) is 2. The Kier molecular flexibility index (Phi) is 6.34. The van der Waals surface area contributed by atoms with Crippen LogP contribution >= 0.6 is 11.6 Å². The van der Waals surface area contributed by atoms with E-state index in [0.29, 0.717) is 6.04 Å². The molecule has 1 heterocycles. The monoisotopic (exact) mass is 294 g/mol. The smallest absolute Gasteiger partial charge is 0.0453 e. The van der Waals surface area contributed by atoms with Crippen LogP contribution < -0.4 is 5.32 Å². The zero-order chi connectivity index (χ0) is 14.4. The van der Waals surface area contributed by atoms with Crippen LogP contribution in [0.3, 0.4) is 0 Å². The lowest BCUT2D eigenvalue weighted by Crippen LogP contribution is -2.40. The first kappa shape index (κ1) is 15.8. The SMILES string of the molecule is CCC1CCCCN1CCC(NC)c1ccccc1Cl. The van der Waals surface area contributed by atoms with Crippen LogP contribution in [0.5, 0.6) is 0 Å². The predicted molar refractivity (Wildman–Crippen MR) is 87.4 cm³/mol. The second kappa shape index (κ2) is 8.02. The summed E-state index contributed by atoms with van der Waals surface area (Å²) in [6.45, 7) is 4.74. The fourth-order valence-electron chi connectivity index (χ4n) is 3.32. The molecule has 2 atom stereocenters. The van der Waals surface area contributed by atoms with Gasteiger partial charge in [-0.1, -0.05) is 43.1 Å². The number of nitrogens with zero attached hydrogens (tertiary/aromatic N) is 1. The Balaban J connectivity index is 1.95. The van der Waals surface area contributed by atoms with Crippen molar-refractivity contribution in [3.63, 3.8) is 0 Å². The number of hydrogen-bond donors (Lipinski definition) is 1. The highest BCUT2D eigenvalue weighted by Gasteiger charge is 2.22. The summed E-state index contributed by atoms with van der Waals surface area (Å²) in [5.41, 5.74) is 1.22. The third-order valence-electron chi connectivity index (χ3n) is 4.55. The van der Waals surface area contributed by atoms with E-state index in [1.807, 2.05) is 19.2 Å². The number of likely N-dealkylation sites (tertiary alicyclic amines) is 1. The Bertz CT molecular complexity index is 408. The molecule has 1 aliphatic rings. The molecule has 112 valence electrons. The van der Waals surface area contributed by atoms with Gasteiger partial charge in [-0.25, -0.2) is 0 Å². The number of nitrogens with one attached hydrogen (secondary N) is 1. The molecule has 0 aromatic heterocycles. The van der Waals surface area contributed by atoms with Crippen molar-refractivity contribution in [2.75, 3.05) is 20.1 Å². The molecule has 1 aromatic carbocycles. The van der Waals surface area contributed by atoms with Crippen molar-refractivity contribution < 1.29 is 0 Å². The summed E-state index contributed by atoms with van der Waals surface area (Å²) < 4.78 is 0. The molecule has 3 heteroatoms. The molecule has 0 spiro atoms. The minimum atomic E-state index is 0.350. The van der Waals surface area contributed by atoms with Crippen molar-refractivity contribution in [2.24, 2.45) is 0 Å². The topological polar surface area (TPSA) is 15.3 Å². The van der Waals surface area contributed by atoms with Crippen molar-refractivity contribution in [1.29, 1.82) is 0 Å². The third-order valence-corrected chi connectivity index (χ3v) is 4.90. The average molecular weight is 295 g/mol. The van der Waals surface area contributed by atoms with Crippen LogP contribution in [0.1, 0.15) is 50.6 Å². The molecule has 0 saturated carbocycles. The van der Waals surface area contributed by atoms with Crippen molar-refractivity contribution in [2.45, 2.75) is 51.1 Å². The minimum Gasteiger partial charge on any atom is -0.313 e. The maximum absolute atomic E-state index is 6.32. The van der Waals surface area contributed by atoms with Gasteiger partial charge in [0.05, 0.1) is 0 Å². The van der Waals surface area contributed by atoms with E-state index in [4.69, 9.17) is 11.6 Å². The van der Waals surface area contributed by atoms with Crippen LogP contribution in [0.4, 0.5) is 0 Å². The maximum Gasteiger partial charge on any atom is 0.0453 e. The molecule has 20 heavy (non-hydrogen) atoms. The molecule has 0 radical (unpaired) electrons. The van der Waals surface area contributed by atoms with Gasteiger partial charge < -0.3 is 10.2 Å². The minimum absolute atomic E-state index is 0.350. The van der Waals surface area contributed by atoms with Gasteiger partial charge in [0.1, 0.15) is 0 Å². The Labute approximate surface area is 128 Å². The van der Waals surface area contributed by atoms with E-state index in [1.54, 1.807) is 0 Å². The summed E-state index contributed by atoms with van der Waals surface area (Å²) in [5, 5.41) is 4.29. The lowest BCUT2D eigenvalue weighted by atomic mass is 9.98. The fourth-order valence-corrected chi connectivity index (χ4v) is 3.59. The van der Waals surface area contributed by atoms with Crippen molar-refractivity contribution >= 4 is 11.6 Å². The van der Waals surface area contributed by atoms with E-state index in [1.165, 1.54) is 37.8 Å². The van der Waals surface area contributed by atoms with Gasteiger partial charge in [-0.05, 0) is 50.9 Å². The molecule has 1 saturated heterocycles. The molecular weight excluding hydrogens is 268 g/mol. The van der Waals surface area contributed by atoms with Gasteiger partial charge in [0.15, 0.2) is 0 Å². The van der Waals surface area contributed by atoms with Crippen LogP contribution in [0, 0.1) is 0 Å². The number of rotatable bonds is 6. The molecule has 2 nitrogen and oxygen atoms in total. The molecule has 1 aromatic rings. The van der Waals surface area contributed by atoms with Gasteiger partial charge in [-0.2, -0.15) is 0 Å². The van der Waals surface area contributed by atoms with Crippen LogP contribution in [-0.4, -0.2) is 31.1 Å². The summed E-state index contributed by atoms with van der Waals surface area (Å²) >= 11 is 6.32. The largest absolute Gasteiger partial charge is 0.313 e. The molecule has 2 rings (SSSR count). The van der Waals surface area contributed by atoms with E-state index in [2.05, 4.69) is 29.3 Å². The van der Waals surface area contributed by atoms with Gasteiger partial charge in [-0.15, -0.1) is 0 Å². The Morgan fingerprint density at radius 1 is 1.35 bits per heavy atom. The zero-order valence-corrected chi connectivity index (χ0v) is 13.5. The lowest BCUT2D eigenvalue weighted by molar-refractivity contribution is 0.138. The van der Waals surface area contributed by atoms with Gasteiger partial charge in [0.2, 0.25) is 0 Å². The summed E-state index contributed by atoms with van der Waals surface area (Å²) in [5.74, 6) is 0. The molecule has 0 aliphatic carbocycles. The van der Waals surface area contributed by atoms with E-state index in [-0.39, 0.29) is 0 Å². The number of piperidine rings is 1.